The van der Waals surface area contributed by atoms with E-state index in [0.717, 1.165) is 5.75 Å². The topological polar surface area (TPSA) is 9.23 Å². The van der Waals surface area contributed by atoms with Gasteiger partial charge < -0.3 is 4.74 Å². The van der Waals surface area contributed by atoms with Crippen LogP contribution in [0.2, 0.25) is 0 Å². The maximum atomic E-state index is 12.9. The normalized spacial score (nSPS) is 10.2. The van der Waals surface area contributed by atoms with E-state index in [1.807, 2.05) is 31.2 Å². The van der Waals surface area contributed by atoms with E-state index in [0.29, 0.717) is 11.1 Å². The number of hydrogen-bond donors (Lipinski definition) is 0. The Kier molecular flexibility index (Phi) is 3.21. The molecule has 0 aliphatic carbocycles. The molecule has 0 amide bonds. The molecular weight excluding hydrogens is 222 g/mol. The van der Waals surface area contributed by atoms with E-state index in [2.05, 4.69) is 9.24 Å². The van der Waals surface area contributed by atoms with Crippen molar-refractivity contribution in [1.29, 1.82) is 0 Å². The average Bonchev–Trinajstić information content (AvgIpc) is 2.25. The van der Waals surface area contributed by atoms with Gasteiger partial charge >= 0.3 is 0 Å². The van der Waals surface area contributed by atoms with Gasteiger partial charge in [-0.1, -0.05) is 17.7 Å². The molecule has 3 heteroatoms. The lowest BCUT2D eigenvalue weighted by Crippen LogP contribution is -1.98. The highest BCUT2D eigenvalue weighted by atomic mass is 31.0. The number of benzene rings is 2. The molecule has 0 aliphatic heterocycles. The molecule has 0 N–H and O–H groups in total. The van der Waals surface area contributed by atoms with Crippen molar-refractivity contribution in [3.63, 3.8) is 0 Å². The third-order valence-corrected chi connectivity index (χ3v) is 2.67. The van der Waals surface area contributed by atoms with Gasteiger partial charge in [0.05, 0.1) is 0 Å². The predicted octanol–water partition coefficient (Wildman–Crippen LogP) is 3.43. The van der Waals surface area contributed by atoms with Crippen LogP contribution >= 0.6 is 9.24 Å². The maximum Gasteiger partial charge on any atom is 0.134 e. The summed E-state index contributed by atoms with van der Waals surface area (Å²) in [5.74, 6) is 1.14. The van der Waals surface area contributed by atoms with Crippen molar-refractivity contribution < 1.29 is 9.13 Å². The smallest absolute Gasteiger partial charge is 0.134 e. The van der Waals surface area contributed by atoms with Gasteiger partial charge in [0.1, 0.15) is 17.3 Å². The fraction of sp³-hybridized carbons (Fsp3) is 0.0769. The Hall–Kier alpha value is -1.40. The maximum absolute atomic E-state index is 12.9. The van der Waals surface area contributed by atoms with Crippen LogP contribution in [0.25, 0.3) is 0 Å². The molecule has 1 atom stereocenters. The largest absolute Gasteiger partial charge is 0.457 e. The molecule has 0 spiro atoms. The van der Waals surface area contributed by atoms with Gasteiger partial charge in [0, 0.05) is 5.30 Å². The Morgan fingerprint density at radius 3 is 2.38 bits per heavy atom. The van der Waals surface area contributed by atoms with Gasteiger partial charge in [-0.2, -0.15) is 0 Å². The molecule has 82 valence electrons. The monoisotopic (exact) mass is 234 g/mol. The van der Waals surface area contributed by atoms with Gasteiger partial charge in [-0.15, -0.1) is 9.24 Å². The molecule has 2 aromatic rings. The van der Waals surface area contributed by atoms with Crippen LogP contribution in [0.5, 0.6) is 11.5 Å². The number of halogens is 1. The number of hydrogen-bond acceptors (Lipinski definition) is 1. The third kappa shape index (κ3) is 2.59. The van der Waals surface area contributed by atoms with E-state index in [9.17, 15) is 4.39 Å². The fourth-order valence-electron chi connectivity index (χ4n) is 1.35. The minimum Gasteiger partial charge on any atom is -0.457 e. The highest BCUT2D eigenvalue weighted by Gasteiger charge is 2.02. The quantitative estimate of drug-likeness (QED) is 0.723. The van der Waals surface area contributed by atoms with Crippen molar-refractivity contribution >= 4 is 14.5 Å². The molecule has 2 rings (SSSR count). The Balaban J connectivity index is 2.23. The van der Waals surface area contributed by atoms with Crippen molar-refractivity contribution in [3.8, 4) is 11.5 Å². The van der Waals surface area contributed by atoms with Crippen LogP contribution in [0.3, 0.4) is 0 Å². The van der Waals surface area contributed by atoms with Crippen LogP contribution in [0.4, 0.5) is 4.39 Å². The van der Waals surface area contributed by atoms with Crippen LogP contribution in [0, 0.1) is 12.7 Å². The van der Waals surface area contributed by atoms with Crippen molar-refractivity contribution in [2.45, 2.75) is 6.92 Å². The lowest BCUT2D eigenvalue weighted by Gasteiger charge is -2.08. The second-order valence-electron chi connectivity index (χ2n) is 3.60. The molecule has 0 aromatic heterocycles. The van der Waals surface area contributed by atoms with Gasteiger partial charge in [0.2, 0.25) is 0 Å². The molecule has 0 radical (unpaired) electrons. The molecular formula is C13H12FOP. The first-order valence-electron chi connectivity index (χ1n) is 4.95. The Bertz CT molecular complexity index is 494. The zero-order chi connectivity index (χ0) is 11.5. The summed E-state index contributed by atoms with van der Waals surface area (Å²) in [5.41, 5.74) is 1.18. The Labute approximate surface area is 96.5 Å². The van der Waals surface area contributed by atoms with Gasteiger partial charge in [-0.05, 0) is 37.3 Å². The van der Waals surface area contributed by atoms with Crippen molar-refractivity contribution in [3.05, 3.63) is 53.8 Å². The first kappa shape index (κ1) is 11.1. The van der Waals surface area contributed by atoms with Crippen LogP contribution < -0.4 is 10.0 Å². The van der Waals surface area contributed by atoms with Crippen LogP contribution in [0.1, 0.15) is 5.56 Å². The van der Waals surface area contributed by atoms with E-state index >= 15 is 0 Å². The molecule has 0 heterocycles. The van der Waals surface area contributed by atoms with E-state index in [4.69, 9.17) is 4.74 Å². The van der Waals surface area contributed by atoms with Gasteiger partial charge in [-0.25, -0.2) is 4.39 Å². The fourth-order valence-corrected chi connectivity index (χ4v) is 1.66. The summed E-state index contributed by atoms with van der Waals surface area (Å²) < 4.78 is 18.5. The highest BCUT2D eigenvalue weighted by molar-refractivity contribution is 7.27. The van der Waals surface area contributed by atoms with E-state index < -0.39 is 0 Å². The molecule has 0 bridgehead atoms. The first-order chi connectivity index (χ1) is 7.65. The Morgan fingerprint density at radius 2 is 1.75 bits per heavy atom. The molecule has 2 aromatic carbocycles. The third-order valence-electron chi connectivity index (χ3n) is 2.22. The molecule has 0 saturated carbocycles. The molecule has 1 unspecified atom stereocenters. The summed E-state index contributed by atoms with van der Waals surface area (Å²) in [6.45, 7) is 2.02. The van der Waals surface area contributed by atoms with Crippen LogP contribution in [-0.4, -0.2) is 0 Å². The minimum absolute atomic E-state index is 0.263. The number of aryl methyl sites for hydroxylation is 1. The zero-order valence-electron chi connectivity index (χ0n) is 8.91. The minimum atomic E-state index is -0.263. The summed E-state index contributed by atoms with van der Waals surface area (Å²) in [6, 6.07) is 12.2. The van der Waals surface area contributed by atoms with Gasteiger partial charge in [-0.3, -0.25) is 0 Å². The summed E-state index contributed by atoms with van der Waals surface area (Å²) >= 11 is 0. The first-order valence-corrected chi connectivity index (χ1v) is 5.52. The molecule has 1 nitrogen and oxygen atoms in total. The summed E-state index contributed by atoms with van der Waals surface area (Å²) in [4.78, 5) is 0. The lowest BCUT2D eigenvalue weighted by atomic mass is 10.2. The zero-order valence-corrected chi connectivity index (χ0v) is 10.1. The standard InChI is InChI=1S/C13H12FOP/c1-9-2-5-11(6-3-9)15-12-7-4-10(14)8-13(12)16/h2-8H,16H2,1H3. The number of ether oxygens (including phenoxy) is 1. The molecule has 0 fully saturated rings. The molecule has 0 aliphatic rings. The summed E-state index contributed by atoms with van der Waals surface area (Å²) in [5, 5.41) is 0.709. The molecule has 0 saturated heterocycles. The second kappa shape index (κ2) is 4.63. The lowest BCUT2D eigenvalue weighted by molar-refractivity contribution is 0.485. The van der Waals surface area contributed by atoms with Gasteiger partial charge in [0.15, 0.2) is 0 Å². The Morgan fingerprint density at radius 1 is 1.06 bits per heavy atom. The van der Waals surface area contributed by atoms with Gasteiger partial charge in [0.25, 0.3) is 0 Å². The van der Waals surface area contributed by atoms with Crippen molar-refractivity contribution in [1.82, 2.24) is 0 Å². The van der Waals surface area contributed by atoms with E-state index in [-0.39, 0.29) is 5.82 Å². The van der Waals surface area contributed by atoms with Crippen molar-refractivity contribution in [2.24, 2.45) is 0 Å². The SMILES string of the molecule is Cc1ccc(Oc2ccc(F)cc2P)cc1. The van der Waals surface area contributed by atoms with E-state index in [1.165, 1.54) is 17.7 Å². The van der Waals surface area contributed by atoms with E-state index in [1.54, 1.807) is 6.07 Å². The summed E-state index contributed by atoms with van der Waals surface area (Å²) in [6.07, 6.45) is 0. The van der Waals surface area contributed by atoms with Crippen LogP contribution in [-0.2, 0) is 0 Å². The molecule has 16 heavy (non-hydrogen) atoms. The van der Waals surface area contributed by atoms with Crippen LogP contribution in [0.15, 0.2) is 42.5 Å². The predicted molar refractivity (Wildman–Crippen MR) is 67.0 cm³/mol. The highest BCUT2D eigenvalue weighted by Crippen LogP contribution is 2.21. The van der Waals surface area contributed by atoms with Crippen molar-refractivity contribution in [2.75, 3.05) is 0 Å². The summed E-state index contributed by atoms with van der Waals surface area (Å²) in [7, 11) is 2.46. The second-order valence-corrected chi connectivity index (χ2v) is 4.22. The number of rotatable bonds is 2. The average molecular weight is 234 g/mol.